The maximum Gasteiger partial charge on any atom is 0.272 e. The molecule has 4 heteroatoms. The molecule has 0 amide bonds. The van der Waals surface area contributed by atoms with E-state index in [1.165, 1.54) is 0 Å². The smallest absolute Gasteiger partial charge is 0.258 e. The van der Waals surface area contributed by atoms with Crippen molar-refractivity contribution in [3.63, 3.8) is 0 Å². The molecule has 0 N–H and O–H groups in total. The van der Waals surface area contributed by atoms with Crippen molar-refractivity contribution in [2.45, 2.75) is 20.3 Å². The number of rotatable bonds is 3. The summed E-state index contributed by atoms with van der Waals surface area (Å²) in [6.07, 6.45) is 3.74. The highest BCUT2D eigenvalue weighted by atomic mass is 16.6. The Morgan fingerprint density at radius 3 is 2.69 bits per heavy atom. The summed E-state index contributed by atoms with van der Waals surface area (Å²) in [5.74, 6) is 0. The highest BCUT2D eigenvalue weighted by Gasteiger charge is 2.11. The summed E-state index contributed by atoms with van der Waals surface area (Å²) in [6.45, 7) is 3.61. The third-order valence-corrected chi connectivity index (χ3v) is 2.29. The number of nitrogens with zero attached hydrogens (tertiary/aromatic N) is 2. The van der Waals surface area contributed by atoms with Crippen LogP contribution in [-0.2, 0) is 0 Å². The van der Waals surface area contributed by atoms with Crippen molar-refractivity contribution in [1.29, 1.82) is 5.26 Å². The van der Waals surface area contributed by atoms with Gasteiger partial charge in [0.2, 0.25) is 0 Å². The Hall–Kier alpha value is -2.15. The molecule has 0 aliphatic heterocycles. The van der Waals surface area contributed by atoms with Gasteiger partial charge in [0.05, 0.1) is 17.4 Å². The molecule has 0 aromatic heterocycles. The van der Waals surface area contributed by atoms with Crippen LogP contribution in [-0.4, -0.2) is 4.92 Å². The van der Waals surface area contributed by atoms with E-state index in [1.807, 2.05) is 13.0 Å². The normalized spacial score (nSPS) is 10.3. The predicted molar refractivity (Wildman–Crippen MR) is 61.8 cm³/mol. The topological polar surface area (TPSA) is 66.9 Å². The van der Waals surface area contributed by atoms with Gasteiger partial charge in [-0.25, -0.2) is 0 Å². The van der Waals surface area contributed by atoms with Crippen molar-refractivity contribution in [3.8, 4) is 6.07 Å². The van der Waals surface area contributed by atoms with Crippen LogP contribution in [0.4, 0.5) is 5.69 Å². The standard InChI is InChI=1S/C12H12N2O2/c1-9-7-10(2)12(14(15)16)8-11(9)5-3-4-6-13/h3,5,7-8H,4H2,1-2H3. The fraction of sp³-hybridized carbons (Fsp3) is 0.250. The minimum Gasteiger partial charge on any atom is -0.258 e. The first-order valence-corrected chi connectivity index (χ1v) is 4.85. The predicted octanol–water partition coefficient (Wildman–Crippen LogP) is 3.14. The number of nitro benzene ring substituents is 1. The van der Waals surface area contributed by atoms with Crippen molar-refractivity contribution in [3.05, 3.63) is 45.0 Å². The number of benzene rings is 1. The zero-order chi connectivity index (χ0) is 12.1. The minimum absolute atomic E-state index is 0.113. The molecule has 0 unspecified atom stereocenters. The van der Waals surface area contributed by atoms with Gasteiger partial charge in [-0.2, -0.15) is 5.26 Å². The van der Waals surface area contributed by atoms with E-state index in [1.54, 1.807) is 31.2 Å². The van der Waals surface area contributed by atoms with Crippen LogP contribution in [0.15, 0.2) is 18.2 Å². The lowest BCUT2D eigenvalue weighted by Crippen LogP contribution is -1.94. The molecule has 0 spiro atoms. The van der Waals surface area contributed by atoms with Crippen molar-refractivity contribution >= 4 is 11.8 Å². The lowest BCUT2D eigenvalue weighted by molar-refractivity contribution is -0.385. The summed E-state index contributed by atoms with van der Waals surface area (Å²) >= 11 is 0. The molecule has 0 bridgehead atoms. The molecule has 0 fully saturated rings. The number of hydrogen-bond acceptors (Lipinski definition) is 3. The molecule has 0 saturated heterocycles. The monoisotopic (exact) mass is 216 g/mol. The molecule has 1 aromatic carbocycles. The number of nitro groups is 1. The molecular formula is C12H12N2O2. The molecule has 1 aromatic rings. The van der Waals surface area contributed by atoms with E-state index < -0.39 is 4.92 Å². The van der Waals surface area contributed by atoms with Crippen LogP contribution >= 0.6 is 0 Å². The second-order valence-electron chi connectivity index (χ2n) is 3.52. The van der Waals surface area contributed by atoms with E-state index in [-0.39, 0.29) is 5.69 Å². The van der Waals surface area contributed by atoms with Gasteiger partial charge in [0.1, 0.15) is 0 Å². The first-order chi connectivity index (χ1) is 7.56. The van der Waals surface area contributed by atoms with Gasteiger partial charge >= 0.3 is 0 Å². The summed E-state index contributed by atoms with van der Waals surface area (Å²) in [5, 5.41) is 19.1. The molecule has 0 aliphatic carbocycles. The van der Waals surface area contributed by atoms with Crippen molar-refractivity contribution in [1.82, 2.24) is 0 Å². The van der Waals surface area contributed by atoms with Gasteiger partial charge in [0.15, 0.2) is 0 Å². The molecule has 0 atom stereocenters. The van der Waals surface area contributed by atoms with Gasteiger partial charge in [0, 0.05) is 11.6 Å². The Labute approximate surface area is 94.0 Å². The van der Waals surface area contributed by atoms with Gasteiger partial charge in [0.25, 0.3) is 5.69 Å². The van der Waals surface area contributed by atoms with E-state index in [9.17, 15) is 10.1 Å². The first kappa shape index (κ1) is 11.9. The lowest BCUT2D eigenvalue weighted by atomic mass is 10.0. The number of aryl methyl sites for hydroxylation is 2. The Balaban J connectivity index is 3.16. The van der Waals surface area contributed by atoms with E-state index >= 15 is 0 Å². The fourth-order valence-electron chi connectivity index (χ4n) is 1.47. The number of allylic oxidation sites excluding steroid dienone is 1. The van der Waals surface area contributed by atoms with Gasteiger partial charge in [-0.3, -0.25) is 10.1 Å². The third kappa shape index (κ3) is 2.67. The average molecular weight is 216 g/mol. The van der Waals surface area contributed by atoms with Crippen LogP contribution < -0.4 is 0 Å². The van der Waals surface area contributed by atoms with E-state index in [0.717, 1.165) is 11.1 Å². The fourth-order valence-corrected chi connectivity index (χ4v) is 1.47. The maximum absolute atomic E-state index is 10.7. The van der Waals surface area contributed by atoms with Crippen LogP contribution in [0.25, 0.3) is 6.08 Å². The molecule has 1 rings (SSSR count). The molecule has 82 valence electrons. The SMILES string of the molecule is Cc1cc(C)c([N+](=O)[O-])cc1C=CCC#N. The molecule has 0 saturated carbocycles. The molecular weight excluding hydrogens is 204 g/mol. The van der Waals surface area contributed by atoms with Crippen LogP contribution in [0.5, 0.6) is 0 Å². The van der Waals surface area contributed by atoms with Crippen LogP contribution in [0, 0.1) is 35.3 Å². The molecule has 0 radical (unpaired) electrons. The molecule has 0 aliphatic rings. The summed E-state index contributed by atoms with van der Waals surface area (Å²) in [4.78, 5) is 10.4. The highest BCUT2D eigenvalue weighted by molar-refractivity contribution is 5.60. The summed E-state index contributed by atoms with van der Waals surface area (Å²) < 4.78 is 0. The summed E-state index contributed by atoms with van der Waals surface area (Å²) in [5.41, 5.74) is 2.52. The quantitative estimate of drug-likeness (QED) is 0.575. The van der Waals surface area contributed by atoms with E-state index in [4.69, 9.17) is 5.26 Å². The second kappa shape index (κ2) is 5.08. The molecule has 4 nitrogen and oxygen atoms in total. The summed E-state index contributed by atoms with van der Waals surface area (Å²) in [7, 11) is 0. The van der Waals surface area contributed by atoms with Crippen molar-refractivity contribution in [2.75, 3.05) is 0 Å². The summed E-state index contributed by atoms with van der Waals surface area (Å²) in [6, 6.07) is 5.31. The Bertz CT molecular complexity index is 485. The van der Waals surface area contributed by atoms with Crippen molar-refractivity contribution in [2.24, 2.45) is 0 Å². The highest BCUT2D eigenvalue weighted by Crippen LogP contribution is 2.23. The zero-order valence-electron chi connectivity index (χ0n) is 9.23. The van der Waals surface area contributed by atoms with Crippen LogP contribution in [0.3, 0.4) is 0 Å². The van der Waals surface area contributed by atoms with E-state index in [2.05, 4.69) is 0 Å². The molecule has 16 heavy (non-hydrogen) atoms. The van der Waals surface area contributed by atoms with Gasteiger partial charge in [-0.1, -0.05) is 12.2 Å². The van der Waals surface area contributed by atoms with E-state index in [0.29, 0.717) is 12.0 Å². The first-order valence-electron chi connectivity index (χ1n) is 4.85. The third-order valence-electron chi connectivity index (χ3n) is 2.29. The van der Waals surface area contributed by atoms with Gasteiger partial charge in [-0.15, -0.1) is 0 Å². The Morgan fingerprint density at radius 2 is 2.12 bits per heavy atom. The lowest BCUT2D eigenvalue weighted by Gasteiger charge is -2.03. The minimum atomic E-state index is -0.392. The van der Waals surface area contributed by atoms with Crippen LogP contribution in [0.2, 0.25) is 0 Å². The average Bonchev–Trinajstić information content (AvgIpc) is 2.21. The number of nitriles is 1. The van der Waals surface area contributed by atoms with Crippen LogP contribution in [0.1, 0.15) is 23.1 Å². The zero-order valence-corrected chi connectivity index (χ0v) is 9.23. The Kier molecular flexibility index (Phi) is 3.78. The van der Waals surface area contributed by atoms with Crippen molar-refractivity contribution < 1.29 is 4.92 Å². The Morgan fingerprint density at radius 1 is 1.44 bits per heavy atom. The van der Waals surface area contributed by atoms with Gasteiger partial charge < -0.3 is 0 Å². The maximum atomic E-state index is 10.7. The second-order valence-corrected chi connectivity index (χ2v) is 3.52. The van der Waals surface area contributed by atoms with Gasteiger partial charge in [-0.05, 0) is 31.0 Å². The number of hydrogen-bond donors (Lipinski definition) is 0. The molecule has 0 heterocycles. The largest absolute Gasteiger partial charge is 0.272 e.